The lowest BCUT2D eigenvalue weighted by molar-refractivity contribution is 0.414. The van der Waals surface area contributed by atoms with Gasteiger partial charge in [-0.25, -0.2) is 13.4 Å². The summed E-state index contributed by atoms with van der Waals surface area (Å²) in [5.74, 6) is 0.352. The van der Waals surface area contributed by atoms with Crippen LogP contribution in [0.5, 0.6) is 5.75 Å². The monoisotopic (exact) mass is 403 g/mol. The predicted octanol–water partition coefficient (Wildman–Crippen LogP) is 4.85. The van der Waals surface area contributed by atoms with Gasteiger partial charge in [0.05, 0.1) is 12.9 Å². The van der Waals surface area contributed by atoms with Crippen LogP contribution in [0.4, 0.5) is 0 Å². The summed E-state index contributed by atoms with van der Waals surface area (Å²) in [4.78, 5) is 4.06. The highest BCUT2D eigenvalue weighted by atomic mass is 32.2. The Hall–Kier alpha value is -3.18. The molecule has 1 atom stereocenters. The quantitative estimate of drug-likeness (QED) is 0.462. The van der Waals surface area contributed by atoms with E-state index in [1.54, 1.807) is 25.3 Å². The molecule has 0 spiro atoms. The molecule has 0 radical (unpaired) electrons. The molecule has 0 saturated carbocycles. The SMILES string of the molecule is COc1ccc([C@H](CS(=O)(=O)c2ccccn2)c2ccc3ccccc3c2)cc1. The number of sulfone groups is 1. The van der Waals surface area contributed by atoms with E-state index in [2.05, 4.69) is 11.1 Å². The molecule has 0 saturated heterocycles. The van der Waals surface area contributed by atoms with Crippen molar-refractivity contribution in [1.29, 1.82) is 0 Å². The summed E-state index contributed by atoms with van der Waals surface area (Å²) in [6.07, 6.45) is 1.51. The van der Waals surface area contributed by atoms with Crippen LogP contribution in [0, 0.1) is 0 Å². The zero-order valence-corrected chi connectivity index (χ0v) is 16.8. The summed E-state index contributed by atoms with van der Waals surface area (Å²) in [6, 6.07) is 26.7. The van der Waals surface area contributed by atoms with Crippen LogP contribution in [0.25, 0.3) is 10.8 Å². The Kier molecular flexibility index (Phi) is 5.32. The summed E-state index contributed by atoms with van der Waals surface area (Å²) in [7, 11) is -1.95. The summed E-state index contributed by atoms with van der Waals surface area (Å²) in [5.41, 5.74) is 1.87. The Labute approximate surface area is 170 Å². The number of rotatable bonds is 6. The number of aromatic nitrogens is 1. The fourth-order valence-corrected chi connectivity index (χ4v) is 4.98. The van der Waals surface area contributed by atoms with Gasteiger partial charge in [-0.3, -0.25) is 0 Å². The fraction of sp³-hybridized carbons (Fsp3) is 0.125. The molecule has 146 valence electrons. The Bertz CT molecular complexity index is 1220. The number of ether oxygens (including phenoxy) is 1. The van der Waals surface area contributed by atoms with Gasteiger partial charge in [-0.15, -0.1) is 0 Å². The van der Waals surface area contributed by atoms with E-state index in [4.69, 9.17) is 4.74 Å². The lowest BCUT2D eigenvalue weighted by Crippen LogP contribution is -2.17. The van der Waals surface area contributed by atoms with E-state index in [-0.39, 0.29) is 16.7 Å². The second kappa shape index (κ2) is 8.05. The zero-order chi connectivity index (χ0) is 20.3. The predicted molar refractivity (Wildman–Crippen MR) is 115 cm³/mol. The van der Waals surface area contributed by atoms with Gasteiger partial charge < -0.3 is 4.74 Å². The molecule has 3 aromatic carbocycles. The minimum Gasteiger partial charge on any atom is -0.497 e. The molecule has 0 bridgehead atoms. The van der Waals surface area contributed by atoms with Gasteiger partial charge in [0.1, 0.15) is 5.75 Å². The Morgan fingerprint density at radius 2 is 1.52 bits per heavy atom. The Balaban J connectivity index is 1.79. The van der Waals surface area contributed by atoms with Crippen molar-refractivity contribution in [2.24, 2.45) is 0 Å². The molecule has 29 heavy (non-hydrogen) atoms. The van der Waals surface area contributed by atoms with Crippen molar-refractivity contribution in [3.8, 4) is 5.75 Å². The zero-order valence-electron chi connectivity index (χ0n) is 16.0. The van der Waals surface area contributed by atoms with Crippen LogP contribution in [0.3, 0.4) is 0 Å². The van der Waals surface area contributed by atoms with Crippen molar-refractivity contribution in [3.63, 3.8) is 0 Å². The molecule has 1 aromatic heterocycles. The summed E-state index contributed by atoms with van der Waals surface area (Å²) >= 11 is 0. The van der Waals surface area contributed by atoms with Gasteiger partial charge >= 0.3 is 0 Å². The molecule has 0 amide bonds. The van der Waals surface area contributed by atoms with Crippen LogP contribution in [0.15, 0.2) is 96.2 Å². The van der Waals surface area contributed by atoms with E-state index in [9.17, 15) is 8.42 Å². The maximum Gasteiger partial charge on any atom is 0.196 e. The van der Waals surface area contributed by atoms with E-state index < -0.39 is 9.84 Å². The molecule has 1 heterocycles. The molecule has 0 unspecified atom stereocenters. The molecular weight excluding hydrogens is 382 g/mol. The first-order valence-electron chi connectivity index (χ1n) is 9.33. The topological polar surface area (TPSA) is 56.3 Å². The number of fused-ring (bicyclic) bond motifs is 1. The van der Waals surface area contributed by atoms with Gasteiger partial charge in [-0.2, -0.15) is 0 Å². The van der Waals surface area contributed by atoms with E-state index in [1.807, 2.05) is 60.7 Å². The summed E-state index contributed by atoms with van der Waals surface area (Å²) in [5, 5.41) is 2.30. The van der Waals surface area contributed by atoms with Crippen LogP contribution in [0.1, 0.15) is 17.0 Å². The summed E-state index contributed by atoms with van der Waals surface area (Å²) < 4.78 is 31.4. The number of benzene rings is 3. The normalized spacial score (nSPS) is 12.6. The first-order valence-corrected chi connectivity index (χ1v) is 11.0. The molecule has 4 nitrogen and oxygen atoms in total. The lowest BCUT2D eigenvalue weighted by Gasteiger charge is -2.19. The number of pyridine rings is 1. The number of methoxy groups -OCH3 is 1. The van der Waals surface area contributed by atoms with Gasteiger partial charge in [0.25, 0.3) is 0 Å². The fourth-order valence-electron chi connectivity index (χ4n) is 3.48. The second-order valence-corrected chi connectivity index (χ2v) is 8.86. The standard InChI is InChI=1S/C24H21NO3S/c1-28-22-13-11-19(12-14-22)23(17-29(26,27)24-8-4-5-15-25-24)21-10-9-18-6-2-3-7-20(18)16-21/h2-16,23H,17H2,1H3/t23-/m0/s1. The van der Waals surface area contributed by atoms with Gasteiger partial charge in [0, 0.05) is 12.1 Å². The van der Waals surface area contributed by atoms with Crippen molar-refractivity contribution in [2.75, 3.05) is 12.9 Å². The third kappa shape index (κ3) is 4.15. The van der Waals surface area contributed by atoms with Crippen LogP contribution in [-0.2, 0) is 9.84 Å². The largest absolute Gasteiger partial charge is 0.497 e. The number of hydrogen-bond acceptors (Lipinski definition) is 4. The van der Waals surface area contributed by atoms with Crippen molar-refractivity contribution < 1.29 is 13.2 Å². The second-order valence-electron chi connectivity index (χ2n) is 6.88. The number of hydrogen-bond donors (Lipinski definition) is 0. The molecule has 5 heteroatoms. The van der Waals surface area contributed by atoms with E-state index in [0.29, 0.717) is 0 Å². The van der Waals surface area contributed by atoms with Crippen LogP contribution in [0.2, 0.25) is 0 Å². The average Bonchev–Trinajstić information content (AvgIpc) is 2.78. The van der Waals surface area contributed by atoms with Gasteiger partial charge in [-0.1, -0.05) is 60.7 Å². The van der Waals surface area contributed by atoms with Crippen molar-refractivity contribution in [1.82, 2.24) is 4.98 Å². The average molecular weight is 404 g/mol. The molecule has 4 aromatic rings. The minimum atomic E-state index is -3.57. The maximum atomic E-state index is 13.1. The molecular formula is C24H21NO3S. The summed E-state index contributed by atoms with van der Waals surface area (Å²) in [6.45, 7) is 0. The Morgan fingerprint density at radius 3 is 2.21 bits per heavy atom. The molecule has 0 N–H and O–H groups in total. The van der Waals surface area contributed by atoms with Crippen molar-refractivity contribution >= 4 is 20.6 Å². The van der Waals surface area contributed by atoms with Crippen molar-refractivity contribution in [3.05, 3.63) is 102 Å². The molecule has 0 aliphatic heterocycles. The maximum absolute atomic E-state index is 13.1. The lowest BCUT2D eigenvalue weighted by atomic mass is 9.91. The third-order valence-corrected chi connectivity index (χ3v) is 6.69. The first kappa shape index (κ1) is 19.2. The number of nitrogens with zero attached hydrogens (tertiary/aromatic N) is 1. The van der Waals surface area contributed by atoms with Crippen LogP contribution < -0.4 is 4.74 Å². The van der Waals surface area contributed by atoms with E-state index in [1.165, 1.54) is 6.20 Å². The van der Waals surface area contributed by atoms with E-state index in [0.717, 1.165) is 27.6 Å². The molecule has 4 rings (SSSR count). The minimum absolute atomic E-state index is 0.0608. The van der Waals surface area contributed by atoms with Gasteiger partial charge in [0.15, 0.2) is 14.9 Å². The van der Waals surface area contributed by atoms with Gasteiger partial charge in [-0.05, 0) is 46.2 Å². The Morgan fingerprint density at radius 1 is 0.828 bits per heavy atom. The highest BCUT2D eigenvalue weighted by Gasteiger charge is 2.25. The third-order valence-electron chi connectivity index (χ3n) is 5.04. The highest BCUT2D eigenvalue weighted by Crippen LogP contribution is 2.31. The van der Waals surface area contributed by atoms with Crippen LogP contribution >= 0.6 is 0 Å². The molecule has 0 aliphatic rings. The molecule has 0 fully saturated rings. The van der Waals surface area contributed by atoms with Crippen molar-refractivity contribution in [2.45, 2.75) is 10.9 Å². The highest BCUT2D eigenvalue weighted by molar-refractivity contribution is 7.91. The van der Waals surface area contributed by atoms with Crippen LogP contribution in [-0.4, -0.2) is 26.3 Å². The molecule has 0 aliphatic carbocycles. The first-order chi connectivity index (χ1) is 14.1. The van der Waals surface area contributed by atoms with E-state index >= 15 is 0 Å². The smallest absolute Gasteiger partial charge is 0.196 e. The van der Waals surface area contributed by atoms with Gasteiger partial charge in [0.2, 0.25) is 0 Å².